The smallest absolute Gasteiger partial charge is 0.374 e. The van der Waals surface area contributed by atoms with Crippen LogP contribution in [0, 0.1) is 11.8 Å². The van der Waals surface area contributed by atoms with E-state index in [1.165, 1.54) is 0 Å². The normalized spacial score (nSPS) is 22.8. The number of methoxy groups -OCH3 is 2. The summed E-state index contributed by atoms with van der Waals surface area (Å²) >= 11 is 0. The molecular formula is C9H10O6. The predicted octanol–water partition coefficient (Wildman–Crippen LogP) is -0.893. The van der Waals surface area contributed by atoms with Crippen molar-refractivity contribution in [3.63, 3.8) is 0 Å². The maximum Gasteiger partial charge on any atom is 0.374 e. The topological polar surface area (TPSA) is 86.7 Å². The molecule has 1 saturated carbocycles. The molecule has 0 unspecified atom stereocenters. The Balaban J connectivity index is 2.54. The van der Waals surface area contributed by atoms with E-state index in [9.17, 15) is 19.2 Å². The summed E-state index contributed by atoms with van der Waals surface area (Å²) in [5, 5.41) is 0. The minimum absolute atomic E-state index is 0.210. The average molecular weight is 214 g/mol. The molecule has 1 aliphatic rings. The van der Waals surface area contributed by atoms with Crippen molar-refractivity contribution in [2.45, 2.75) is 6.42 Å². The molecule has 6 nitrogen and oxygen atoms in total. The third-order valence-corrected chi connectivity index (χ3v) is 2.24. The zero-order valence-electron chi connectivity index (χ0n) is 8.31. The lowest BCUT2D eigenvalue weighted by molar-refractivity contribution is -0.154. The summed E-state index contributed by atoms with van der Waals surface area (Å²) < 4.78 is 8.42. The third kappa shape index (κ3) is 2.20. The van der Waals surface area contributed by atoms with Crippen LogP contribution in [0.4, 0.5) is 0 Å². The quantitative estimate of drug-likeness (QED) is 0.445. The fourth-order valence-corrected chi connectivity index (χ4v) is 1.28. The van der Waals surface area contributed by atoms with Gasteiger partial charge in [-0.2, -0.15) is 0 Å². The van der Waals surface area contributed by atoms with Crippen molar-refractivity contribution in [2.24, 2.45) is 11.8 Å². The molecule has 0 N–H and O–H groups in total. The van der Waals surface area contributed by atoms with Gasteiger partial charge in [-0.25, -0.2) is 9.59 Å². The van der Waals surface area contributed by atoms with E-state index >= 15 is 0 Å². The molecule has 1 aliphatic carbocycles. The van der Waals surface area contributed by atoms with Gasteiger partial charge >= 0.3 is 11.9 Å². The summed E-state index contributed by atoms with van der Waals surface area (Å²) in [4.78, 5) is 44.0. The van der Waals surface area contributed by atoms with Crippen LogP contribution in [0.3, 0.4) is 0 Å². The second kappa shape index (κ2) is 4.20. The molecule has 0 radical (unpaired) electrons. The van der Waals surface area contributed by atoms with Crippen LogP contribution in [-0.2, 0) is 28.7 Å². The number of carbonyl (C=O) groups excluding carboxylic acids is 4. The van der Waals surface area contributed by atoms with Crippen molar-refractivity contribution in [3.8, 4) is 0 Å². The number of Topliss-reactive ketones (excluding diaryl/α,β-unsaturated/α-hetero) is 2. The lowest BCUT2D eigenvalue weighted by Gasteiger charge is -1.97. The Morgan fingerprint density at radius 3 is 1.47 bits per heavy atom. The minimum Gasteiger partial charge on any atom is -0.463 e. The summed E-state index contributed by atoms with van der Waals surface area (Å²) in [6, 6.07) is 0. The summed E-state index contributed by atoms with van der Waals surface area (Å²) in [6.07, 6.45) is 0.210. The molecule has 0 saturated heterocycles. The number of carbonyl (C=O) groups is 4. The number of ketones is 2. The van der Waals surface area contributed by atoms with Crippen LogP contribution in [0.25, 0.3) is 0 Å². The molecule has 2 atom stereocenters. The minimum atomic E-state index is -0.986. The molecule has 0 spiro atoms. The Kier molecular flexibility index (Phi) is 3.18. The molecule has 0 aliphatic heterocycles. The van der Waals surface area contributed by atoms with Crippen molar-refractivity contribution in [3.05, 3.63) is 0 Å². The first kappa shape index (κ1) is 11.4. The van der Waals surface area contributed by atoms with Crippen LogP contribution in [0.15, 0.2) is 0 Å². The van der Waals surface area contributed by atoms with Gasteiger partial charge in [-0.15, -0.1) is 0 Å². The van der Waals surface area contributed by atoms with E-state index in [1.54, 1.807) is 0 Å². The van der Waals surface area contributed by atoms with E-state index in [0.717, 1.165) is 14.2 Å². The Morgan fingerprint density at radius 1 is 0.867 bits per heavy atom. The van der Waals surface area contributed by atoms with Gasteiger partial charge in [-0.05, 0) is 6.42 Å². The lowest BCUT2D eigenvalue weighted by Crippen LogP contribution is -2.23. The Bertz CT molecular complexity index is 299. The van der Waals surface area contributed by atoms with Crippen molar-refractivity contribution >= 4 is 23.5 Å². The van der Waals surface area contributed by atoms with Gasteiger partial charge in [0.25, 0.3) is 0 Å². The number of rotatable bonds is 4. The number of hydrogen-bond acceptors (Lipinski definition) is 6. The second-order valence-electron chi connectivity index (χ2n) is 3.16. The molecular weight excluding hydrogens is 204 g/mol. The van der Waals surface area contributed by atoms with E-state index in [1.807, 2.05) is 0 Å². The van der Waals surface area contributed by atoms with Crippen LogP contribution in [0.1, 0.15) is 6.42 Å². The molecule has 0 heterocycles. The molecule has 6 heteroatoms. The first-order chi connectivity index (χ1) is 7.02. The molecule has 0 aromatic heterocycles. The van der Waals surface area contributed by atoms with Gasteiger partial charge < -0.3 is 9.47 Å². The van der Waals surface area contributed by atoms with Crippen LogP contribution in [-0.4, -0.2) is 37.7 Å². The zero-order chi connectivity index (χ0) is 11.6. The number of ether oxygens (including phenoxy) is 2. The van der Waals surface area contributed by atoms with Gasteiger partial charge in [0, 0.05) is 11.8 Å². The van der Waals surface area contributed by atoms with Crippen LogP contribution < -0.4 is 0 Å². The lowest BCUT2D eigenvalue weighted by atomic mass is 10.1. The molecule has 1 rings (SSSR count). The SMILES string of the molecule is COC(=O)C(=O)[C@H]1C[C@@H]1C(=O)C(=O)OC. The summed E-state index contributed by atoms with van der Waals surface area (Å²) in [5.74, 6) is -4.94. The van der Waals surface area contributed by atoms with Crippen molar-refractivity contribution in [1.82, 2.24) is 0 Å². The van der Waals surface area contributed by atoms with Gasteiger partial charge in [-0.1, -0.05) is 0 Å². The highest BCUT2D eigenvalue weighted by atomic mass is 16.5. The Labute approximate surface area is 85.5 Å². The monoisotopic (exact) mass is 214 g/mol. The van der Waals surface area contributed by atoms with Crippen LogP contribution in [0.5, 0.6) is 0 Å². The largest absolute Gasteiger partial charge is 0.463 e. The summed E-state index contributed by atoms with van der Waals surface area (Å²) in [7, 11) is 2.17. The molecule has 0 bridgehead atoms. The van der Waals surface area contributed by atoms with E-state index in [4.69, 9.17) is 0 Å². The molecule has 1 fully saturated rings. The van der Waals surface area contributed by atoms with Gasteiger partial charge in [0.2, 0.25) is 11.6 Å². The first-order valence-electron chi connectivity index (χ1n) is 4.27. The molecule has 0 aromatic rings. The number of esters is 2. The fraction of sp³-hybridized carbons (Fsp3) is 0.556. The van der Waals surface area contributed by atoms with Crippen molar-refractivity contribution < 1.29 is 28.7 Å². The average Bonchev–Trinajstić information content (AvgIpc) is 3.04. The van der Waals surface area contributed by atoms with E-state index in [2.05, 4.69) is 9.47 Å². The fourth-order valence-electron chi connectivity index (χ4n) is 1.28. The van der Waals surface area contributed by atoms with Crippen molar-refractivity contribution in [2.75, 3.05) is 14.2 Å². The molecule has 82 valence electrons. The Morgan fingerprint density at radius 2 is 1.20 bits per heavy atom. The maximum absolute atomic E-state index is 11.2. The Hall–Kier alpha value is -1.72. The zero-order valence-corrected chi connectivity index (χ0v) is 8.31. The molecule has 0 amide bonds. The van der Waals surface area contributed by atoms with E-state index < -0.39 is 35.3 Å². The molecule has 15 heavy (non-hydrogen) atoms. The highest BCUT2D eigenvalue weighted by molar-refractivity contribution is 6.40. The van der Waals surface area contributed by atoms with E-state index in [0.29, 0.717) is 0 Å². The van der Waals surface area contributed by atoms with Crippen LogP contribution in [0.2, 0.25) is 0 Å². The molecule has 0 aromatic carbocycles. The highest BCUT2D eigenvalue weighted by Crippen LogP contribution is 2.40. The highest BCUT2D eigenvalue weighted by Gasteiger charge is 2.52. The summed E-state index contributed by atoms with van der Waals surface area (Å²) in [5.41, 5.74) is 0. The van der Waals surface area contributed by atoms with Gasteiger partial charge in [-0.3, -0.25) is 9.59 Å². The summed E-state index contributed by atoms with van der Waals surface area (Å²) in [6.45, 7) is 0. The second-order valence-corrected chi connectivity index (χ2v) is 3.16. The predicted molar refractivity (Wildman–Crippen MR) is 45.6 cm³/mol. The first-order valence-corrected chi connectivity index (χ1v) is 4.27. The van der Waals surface area contributed by atoms with E-state index in [-0.39, 0.29) is 6.42 Å². The third-order valence-electron chi connectivity index (χ3n) is 2.24. The van der Waals surface area contributed by atoms with Crippen molar-refractivity contribution in [1.29, 1.82) is 0 Å². The van der Waals surface area contributed by atoms with Gasteiger partial charge in [0.1, 0.15) is 0 Å². The van der Waals surface area contributed by atoms with Gasteiger partial charge in [0.15, 0.2) is 0 Å². The van der Waals surface area contributed by atoms with Crippen LogP contribution >= 0.6 is 0 Å². The number of hydrogen-bond donors (Lipinski definition) is 0. The maximum atomic E-state index is 11.2. The standard InChI is InChI=1S/C9H10O6/c1-14-8(12)6(10)4-3-5(4)7(11)9(13)15-2/h4-5H,3H2,1-2H3/t4-,5-/m0/s1. The van der Waals surface area contributed by atoms with Gasteiger partial charge in [0.05, 0.1) is 14.2 Å².